The lowest BCUT2D eigenvalue weighted by atomic mass is 10.1. The van der Waals surface area contributed by atoms with Gasteiger partial charge < -0.3 is 15.0 Å². The van der Waals surface area contributed by atoms with Gasteiger partial charge in [0.05, 0.1) is 5.69 Å². The normalized spacial score (nSPS) is 18.1. The summed E-state index contributed by atoms with van der Waals surface area (Å²) in [6.07, 6.45) is 2.87. The summed E-state index contributed by atoms with van der Waals surface area (Å²) in [5.41, 5.74) is 1.20. The molecule has 0 bridgehead atoms. The molecular formula is C24H26FN3O4. The molecule has 0 spiro atoms. The van der Waals surface area contributed by atoms with Gasteiger partial charge in [0.1, 0.15) is 18.1 Å². The molecule has 0 saturated carbocycles. The molecule has 1 N–H and O–H groups in total. The molecule has 0 aromatic heterocycles. The van der Waals surface area contributed by atoms with Crippen LogP contribution in [0.3, 0.4) is 0 Å². The lowest BCUT2D eigenvalue weighted by molar-refractivity contribution is -0.134. The van der Waals surface area contributed by atoms with E-state index in [0.717, 1.165) is 19.3 Å². The van der Waals surface area contributed by atoms with Crippen molar-refractivity contribution in [2.45, 2.75) is 38.7 Å². The van der Waals surface area contributed by atoms with Crippen LogP contribution in [-0.4, -0.2) is 48.4 Å². The van der Waals surface area contributed by atoms with Crippen molar-refractivity contribution in [3.05, 3.63) is 53.8 Å². The van der Waals surface area contributed by atoms with Crippen molar-refractivity contribution in [2.24, 2.45) is 0 Å². The quantitative estimate of drug-likeness (QED) is 0.772. The van der Waals surface area contributed by atoms with Gasteiger partial charge in [-0.05, 0) is 68.1 Å². The fourth-order valence-electron chi connectivity index (χ4n) is 4.01. The van der Waals surface area contributed by atoms with E-state index in [1.807, 2.05) is 6.92 Å². The fourth-order valence-corrected chi connectivity index (χ4v) is 4.01. The van der Waals surface area contributed by atoms with Crippen LogP contribution in [0.1, 0.15) is 43.0 Å². The molecule has 2 aliphatic heterocycles. The largest absolute Gasteiger partial charge is 0.478 e. The second-order valence-corrected chi connectivity index (χ2v) is 8.02. The number of likely N-dealkylation sites (tertiary alicyclic amines) is 1. The highest BCUT2D eigenvalue weighted by atomic mass is 19.1. The van der Waals surface area contributed by atoms with Crippen molar-refractivity contribution in [1.29, 1.82) is 0 Å². The molecular weight excluding hydrogens is 413 g/mol. The predicted octanol–water partition coefficient (Wildman–Crippen LogP) is 3.59. The zero-order chi connectivity index (χ0) is 22.7. The van der Waals surface area contributed by atoms with Gasteiger partial charge in [-0.2, -0.15) is 0 Å². The van der Waals surface area contributed by atoms with Crippen LogP contribution in [0, 0.1) is 5.82 Å². The van der Waals surface area contributed by atoms with Crippen LogP contribution in [0.4, 0.5) is 15.8 Å². The van der Waals surface area contributed by atoms with E-state index in [1.54, 1.807) is 23.1 Å². The summed E-state index contributed by atoms with van der Waals surface area (Å²) in [6.45, 7) is 3.20. The van der Waals surface area contributed by atoms with Crippen molar-refractivity contribution in [1.82, 2.24) is 4.90 Å². The molecule has 2 aromatic carbocycles. The molecule has 2 aliphatic rings. The van der Waals surface area contributed by atoms with Crippen molar-refractivity contribution < 1.29 is 23.5 Å². The Hall–Kier alpha value is -3.42. The van der Waals surface area contributed by atoms with E-state index >= 15 is 0 Å². The number of carbonyl (C=O) groups is 3. The van der Waals surface area contributed by atoms with Crippen LogP contribution < -0.4 is 15.0 Å². The van der Waals surface area contributed by atoms with E-state index in [1.165, 1.54) is 29.2 Å². The average Bonchev–Trinajstić information content (AvgIpc) is 2.81. The fraction of sp³-hybridized carbons (Fsp3) is 0.375. The second-order valence-electron chi connectivity index (χ2n) is 8.02. The molecule has 1 fully saturated rings. The number of rotatable bonds is 5. The Kier molecular flexibility index (Phi) is 6.39. The van der Waals surface area contributed by atoms with Gasteiger partial charge in [0, 0.05) is 24.3 Å². The van der Waals surface area contributed by atoms with Crippen LogP contribution in [0.5, 0.6) is 5.75 Å². The Labute approximate surface area is 186 Å². The van der Waals surface area contributed by atoms with Gasteiger partial charge in [-0.25, -0.2) is 4.39 Å². The molecule has 8 heteroatoms. The van der Waals surface area contributed by atoms with Crippen molar-refractivity contribution in [3.63, 3.8) is 0 Å². The van der Waals surface area contributed by atoms with Crippen LogP contribution in [-0.2, 0) is 9.59 Å². The molecule has 7 nitrogen and oxygen atoms in total. The lowest BCUT2D eigenvalue weighted by Crippen LogP contribution is -2.51. The number of nitrogens with zero attached hydrogens (tertiary/aromatic N) is 2. The Morgan fingerprint density at radius 2 is 1.81 bits per heavy atom. The second kappa shape index (κ2) is 9.38. The minimum absolute atomic E-state index is 0.0684. The molecule has 0 aliphatic carbocycles. The first-order chi connectivity index (χ1) is 15.5. The molecule has 4 rings (SSSR count). The van der Waals surface area contributed by atoms with Crippen molar-refractivity contribution >= 4 is 29.1 Å². The van der Waals surface area contributed by atoms with E-state index < -0.39 is 17.8 Å². The standard InChI is InChI=1S/C24H26FN3O4/c1-2-20-24(31)28(15-22(29)27-12-4-3-5-13-27)19-14-18(10-11-21(19)32-20)26-23(30)16-6-8-17(25)9-7-16/h6-11,14,20H,2-5,12-13,15H2,1H3,(H,26,30). The summed E-state index contributed by atoms with van der Waals surface area (Å²) in [5.74, 6) is -0.711. The maximum atomic E-state index is 13.1. The number of fused-ring (bicyclic) bond motifs is 1. The van der Waals surface area contributed by atoms with E-state index in [-0.39, 0.29) is 18.4 Å². The number of halogens is 1. The van der Waals surface area contributed by atoms with E-state index in [0.29, 0.717) is 42.2 Å². The highest BCUT2D eigenvalue weighted by Gasteiger charge is 2.35. The Morgan fingerprint density at radius 3 is 2.50 bits per heavy atom. The van der Waals surface area contributed by atoms with Crippen LogP contribution in [0.15, 0.2) is 42.5 Å². The van der Waals surface area contributed by atoms with Gasteiger partial charge in [-0.3, -0.25) is 19.3 Å². The summed E-state index contributed by atoms with van der Waals surface area (Å²) in [4.78, 5) is 41.7. The maximum absolute atomic E-state index is 13.1. The predicted molar refractivity (Wildman–Crippen MR) is 118 cm³/mol. The average molecular weight is 439 g/mol. The molecule has 2 aromatic rings. The molecule has 1 saturated heterocycles. The minimum atomic E-state index is -0.656. The maximum Gasteiger partial charge on any atom is 0.268 e. The summed E-state index contributed by atoms with van der Waals surface area (Å²) in [7, 11) is 0. The summed E-state index contributed by atoms with van der Waals surface area (Å²) in [5, 5.41) is 2.75. The first kappa shape index (κ1) is 21.8. The van der Waals surface area contributed by atoms with Gasteiger partial charge in [0.2, 0.25) is 5.91 Å². The Bertz CT molecular complexity index is 1020. The molecule has 3 amide bonds. The van der Waals surface area contributed by atoms with Gasteiger partial charge in [-0.15, -0.1) is 0 Å². The number of carbonyl (C=O) groups excluding carboxylic acids is 3. The lowest BCUT2D eigenvalue weighted by Gasteiger charge is -2.36. The summed E-state index contributed by atoms with van der Waals surface area (Å²) < 4.78 is 19.0. The third-order valence-corrected chi connectivity index (χ3v) is 5.80. The van der Waals surface area contributed by atoms with Gasteiger partial charge in [0.25, 0.3) is 11.8 Å². The van der Waals surface area contributed by atoms with Gasteiger partial charge in [-0.1, -0.05) is 6.92 Å². The Morgan fingerprint density at radius 1 is 1.09 bits per heavy atom. The summed E-state index contributed by atoms with van der Waals surface area (Å²) in [6, 6.07) is 10.2. The molecule has 32 heavy (non-hydrogen) atoms. The molecule has 0 radical (unpaired) electrons. The third-order valence-electron chi connectivity index (χ3n) is 5.80. The topological polar surface area (TPSA) is 79.0 Å². The molecule has 1 atom stereocenters. The first-order valence-corrected chi connectivity index (χ1v) is 10.9. The van der Waals surface area contributed by atoms with E-state index in [2.05, 4.69) is 5.32 Å². The van der Waals surface area contributed by atoms with Crippen LogP contribution >= 0.6 is 0 Å². The monoisotopic (exact) mass is 439 g/mol. The first-order valence-electron chi connectivity index (χ1n) is 10.9. The molecule has 1 unspecified atom stereocenters. The van der Waals surface area contributed by atoms with Crippen LogP contribution in [0.25, 0.3) is 0 Å². The third kappa shape index (κ3) is 4.59. The number of anilines is 2. The molecule has 168 valence electrons. The van der Waals surface area contributed by atoms with Crippen molar-refractivity contribution in [3.8, 4) is 5.75 Å². The highest BCUT2D eigenvalue weighted by molar-refractivity contribution is 6.07. The number of piperidine rings is 1. The zero-order valence-corrected chi connectivity index (χ0v) is 18.0. The highest BCUT2D eigenvalue weighted by Crippen LogP contribution is 2.37. The van der Waals surface area contributed by atoms with E-state index in [9.17, 15) is 18.8 Å². The SMILES string of the molecule is CCC1Oc2ccc(NC(=O)c3ccc(F)cc3)cc2N(CC(=O)N2CCCCC2)C1=O. The summed E-state index contributed by atoms with van der Waals surface area (Å²) >= 11 is 0. The number of ether oxygens (including phenoxy) is 1. The smallest absolute Gasteiger partial charge is 0.268 e. The number of hydrogen-bond acceptors (Lipinski definition) is 4. The van der Waals surface area contributed by atoms with Gasteiger partial charge in [0.15, 0.2) is 6.10 Å². The molecule has 2 heterocycles. The van der Waals surface area contributed by atoms with Gasteiger partial charge >= 0.3 is 0 Å². The Balaban J connectivity index is 1.57. The van der Waals surface area contributed by atoms with E-state index in [4.69, 9.17) is 4.74 Å². The van der Waals surface area contributed by atoms with Crippen LogP contribution in [0.2, 0.25) is 0 Å². The van der Waals surface area contributed by atoms with Crippen molar-refractivity contribution in [2.75, 3.05) is 29.9 Å². The zero-order valence-electron chi connectivity index (χ0n) is 18.0. The number of benzene rings is 2. The minimum Gasteiger partial charge on any atom is -0.478 e. The number of nitrogens with one attached hydrogen (secondary N) is 1. The number of hydrogen-bond donors (Lipinski definition) is 1. The number of amides is 3.